The molecule has 1 fully saturated rings. The van der Waals surface area contributed by atoms with E-state index in [9.17, 15) is 8.42 Å². The van der Waals surface area contributed by atoms with Crippen molar-refractivity contribution < 1.29 is 8.42 Å². The van der Waals surface area contributed by atoms with Gasteiger partial charge in [-0.15, -0.1) is 0 Å². The third kappa shape index (κ3) is 3.34. The largest absolute Gasteiger partial charge is 0.363 e. The SMILES string of the molecule is CCNCc1cc(S(=O)(=O)NC2CCCC2)c[nH]1. The molecule has 0 aromatic carbocycles. The predicted molar refractivity (Wildman–Crippen MR) is 70.8 cm³/mol. The first-order valence-corrected chi connectivity index (χ1v) is 8.00. The second-order valence-corrected chi connectivity index (χ2v) is 6.46. The summed E-state index contributed by atoms with van der Waals surface area (Å²) in [4.78, 5) is 3.33. The maximum atomic E-state index is 12.1. The summed E-state index contributed by atoms with van der Waals surface area (Å²) in [7, 11) is -3.36. The number of rotatable bonds is 6. The van der Waals surface area contributed by atoms with Crippen LogP contribution in [-0.2, 0) is 16.6 Å². The van der Waals surface area contributed by atoms with Crippen molar-refractivity contribution in [1.82, 2.24) is 15.0 Å². The van der Waals surface area contributed by atoms with Crippen molar-refractivity contribution in [1.29, 1.82) is 0 Å². The lowest BCUT2D eigenvalue weighted by Gasteiger charge is -2.10. The molecule has 3 N–H and O–H groups in total. The van der Waals surface area contributed by atoms with Crippen molar-refractivity contribution >= 4 is 10.0 Å². The van der Waals surface area contributed by atoms with Gasteiger partial charge in [-0.2, -0.15) is 0 Å². The van der Waals surface area contributed by atoms with Crippen molar-refractivity contribution in [2.75, 3.05) is 6.54 Å². The van der Waals surface area contributed by atoms with Crippen LogP contribution in [0, 0.1) is 0 Å². The number of nitrogens with one attached hydrogen (secondary N) is 3. The number of H-pyrrole nitrogens is 1. The van der Waals surface area contributed by atoms with Gasteiger partial charge in [0.25, 0.3) is 0 Å². The monoisotopic (exact) mass is 271 g/mol. The van der Waals surface area contributed by atoms with Crippen LogP contribution in [0.15, 0.2) is 17.2 Å². The minimum atomic E-state index is -3.36. The molecule has 0 atom stereocenters. The Morgan fingerprint density at radius 1 is 1.39 bits per heavy atom. The van der Waals surface area contributed by atoms with Crippen LogP contribution in [-0.4, -0.2) is 26.0 Å². The molecular formula is C12H21N3O2S. The van der Waals surface area contributed by atoms with E-state index >= 15 is 0 Å². The second-order valence-electron chi connectivity index (χ2n) is 4.74. The van der Waals surface area contributed by atoms with Crippen LogP contribution in [0.5, 0.6) is 0 Å². The molecule has 1 heterocycles. The van der Waals surface area contributed by atoms with Crippen molar-refractivity contribution in [2.24, 2.45) is 0 Å². The van der Waals surface area contributed by atoms with Gasteiger partial charge in [-0.3, -0.25) is 0 Å². The average Bonchev–Trinajstić information content (AvgIpc) is 2.96. The highest BCUT2D eigenvalue weighted by Gasteiger charge is 2.23. The zero-order chi connectivity index (χ0) is 13.0. The minimum Gasteiger partial charge on any atom is -0.363 e. The number of hydrogen-bond donors (Lipinski definition) is 3. The standard InChI is InChI=1S/C12H21N3O2S/c1-2-13-8-11-7-12(9-14-11)18(16,17)15-10-5-3-4-6-10/h7,9-10,13-15H,2-6,8H2,1H3. The van der Waals surface area contributed by atoms with Gasteiger partial charge in [-0.25, -0.2) is 13.1 Å². The summed E-state index contributed by atoms with van der Waals surface area (Å²) in [6, 6.07) is 1.81. The molecule has 1 aromatic heterocycles. The fraction of sp³-hybridized carbons (Fsp3) is 0.667. The van der Waals surface area contributed by atoms with Crippen LogP contribution in [0.25, 0.3) is 0 Å². The first-order chi connectivity index (χ1) is 8.62. The summed E-state index contributed by atoms with van der Waals surface area (Å²) in [6.07, 6.45) is 5.70. The quantitative estimate of drug-likeness (QED) is 0.731. The molecule has 0 unspecified atom stereocenters. The van der Waals surface area contributed by atoms with Gasteiger partial charge in [0.2, 0.25) is 10.0 Å². The van der Waals surface area contributed by atoms with Crippen molar-refractivity contribution in [3.05, 3.63) is 18.0 Å². The third-order valence-corrected chi connectivity index (χ3v) is 4.77. The molecule has 2 rings (SSSR count). The van der Waals surface area contributed by atoms with E-state index in [1.165, 1.54) is 0 Å². The van der Waals surface area contributed by atoms with Crippen LogP contribution >= 0.6 is 0 Å². The fourth-order valence-corrected chi connectivity index (χ4v) is 3.59. The molecule has 102 valence electrons. The Morgan fingerprint density at radius 3 is 2.78 bits per heavy atom. The van der Waals surface area contributed by atoms with E-state index in [-0.39, 0.29) is 6.04 Å². The Kier molecular flexibility index (Phi) is 4.42. The van der Waals surface area contributed by atoms with Gasteiger partial charge in [0.05, 0.1) is 4.90 Å². The second kappa shape index (κ2) is 5.86. The molecule has 1 aromatic rings. The minimum absolute atomic E-state index is 0.113. The van der Waals surface area contributed by atoms with Crippen LogP contribution in [0.2, 0.25) is 0 Å². The highest BCUT2D eigenvalue weighted by atomic mass is 32.2. The predicted octanol–water partition coefficient (Wildman–Crippen LogP) is 1.35. The summed E-state index contributed by atoms with van der Waals surface area (Å²) < 4.78 is 27.0. The Morgan fingerprint density at radius 2 is 2.11 bits per heavy atom. The summed E-state index contributed by atoms with van der Waals surface area (Å²) >= 11 is 0. The van der Waals surface area contributed by atoms with Crippen molar-refractivity contribution in [3.8, 4) is 0 Å². The van der Waals surface area contributed by atoms with E-state index < -0.39 is 10.0 Å². The summed E-state index contributed by atoms with van der Waals surface area (Å²) in [5, 5.41) is 3.16. The molecule has 1 aliphatic carbocycles. The Labute approximate surface area is 108 Å². The van der Waals surface area contributed by atoms with Gasteiger partial charge in [0, 0.05) is 24.5 Å². The third-order valence-electron chi connectivity index (χ3n) is 3.27. The molecule has 0 aliphatic heterocycles. The summed E-state index contributed by atoms with van der Waals surface area (Å²) in [5.74, 6) is 0. The fourth-order valence-electron chi connectivity index (χ4n) is 2.27. The molecule has 0 amide bonds. The summed E-state index contributed by atoms with van der Waals surface area (Å²) in [5.41, 5.74) is 0.892. The first-order valence-electron chi connectivity index (χ1n) is 6.52. The molecule has 18 heavy (non-hydrogen) atoms. The van der Waals surface area contributed by atoms with Gasteiger partial charge in [0.15, 0.2) is 0 Å². The zero-order valence-electron chi connectivity index (χ0n) is 10.7. The lowest BCUT2D eigenvalue weighted by Crippen LogP contribution is -2.32. The normalized spacial score (nSPS) is 17.4. The van der Waals surface area contributed by atoms with Gasteiger partial charge < -0.3 is 10.3 Å². The number of aromatic amines is 1. The van der Waals surface area contributed by atoms with Crippen LogP contribution in [0.1, 0.15) is 38.3 Å². The van der Waals surface area contributed by atoms with E-state index in [4.69, 9.17) is 0 Å². The molecular weight excluding hydrogens is 250 g/mol. The number of sulfonamides is 1. The van der Waals surface area contributed by atoms with Crippen LogP contribution in [0.4, 0.5) is 0 Å². The lowest BCUT2D eigenvalue weighted by molar-refractivity contribution is 0.552. The summed E-state index contributed by atoms with van der Waals surface area (Å²) in [6.45, 7) is 3.54. The molecule has 0 saturated heterocycles. The average molecular weight is 271 g/mol. The van der Waals surface area contributed by atoms with E-state index in [1.807, 2.05) is 6.92 Å². The van der Waals surface area contributed by atoms with Crippen LogP contribution in [0.3, 0.4) is 0 Å². The Hall–Kier alpha value is -0.850. The van der Waals surface area contributed by atoms with E-state index in [2.05, 4.69) is 15.0 Å². The topological polar surface area (TPSA) is 74.0 Å². The van der Waals surface area contributed by atoms with Gasteiger partial charge in [-0.05, 0) is 25.5 Å². The van der Waals surface area contributed by atoms with Crippen molar-refractivity contribution in [2.45, 2.75) is 50.1 Å². The molecule has 1 aliphatic rings. The van der Waals surface area contributed by atoms with Gasteiger partial charge in [-0.1, -0.05) is 19.8 Å². The van der Waals surface area contributed by atoms with Gasteiger partial charge >= 0.3 is 0 Å². The molecule has 0 radical (unpaired) electrons. The zero-order valence-corrected chi connectivity index (χ0v) is 11.5. The maximum absolute atomic E-state index is 12.1. The Bertz CT molecular complexity index is 475. The number of hydrogen-bond acceptors (Lipinski definition) is 3. The number of aromatic nitrogens is 1. The van der Waals surface area contributed by atoms with Crippen molar-refractivity contribution in [3.63, 3.8) is 0 Å². The highest BCUT2D eigenvalue weighted by molar-refractivity contribution is 7.89. The molecule has 6 heteroatoms. The van der Waals surface area contributed by atoms with E-state index in [1.54, 1.807) is 12.3 Å². The Balaban J connectivity index is 2.02. The first kappa shape index (κ1) is 13.6. The van der Waals surface area contributed by atoms with Crippen LogP contribution < -0.4 is 10.0 Å². The highest BCUT2D eigenvalue weighted by Crippen LogP contribution is 2.20. The molecule has 5 nitrogen and oxygen atoms in total. The van der Waals surface area contributed by atoms with E-state index in [0.29, 0.717) is 11.4 Å². The van der Waals surface area contributed by atoms with E-state index in [0.717, 1.165) is 37.9 Å². The van der Waals surface area contributed by atoms with Gasteiger partial charge in [0.1, 0.15) is 0 Å². The molecule has 1 saturated carbocycles. The molecule has 0 bridgehead atoms. The smallest absolute Gasteiger partial charge is 0.242 e. The molecule has 0 spiro atoms. The lowest BCUT2D eigenvalue weighted by atomic mass is 10.3. The maximum Gasteiger partial charge on any atom is 0.242 e.